The summed E-state index contributed by atoms with van der Waals surface area (Å²) >= 11 is 5.99. The Morgan fingerprint density at radius 1 is 1.13 bits per heavy atom. The molecule has 6 atom stereocenters. The van der Waals surface area contributed by atoms with E-state index in [4.69, 9.17) is 16.3 Å². The smallest absolute Gasteiger partial charge is 0.241 e. The van der Waals surface area contributed by atoms with Crippen molar-refractivity contribution in [1.82, 2.24) is 5.32 Å². The Morgan fingerprint density at radius 3 is 2.61 bits per heavy atom. The van der Waals surface area contributed by atoms with Crippen molar-refractivity contribution in [1.29, 1.82) is 0 Å². The number of imide groups is 2. The molecule has 38 heavy (non-hydrogen) atoms. The van der Waals surface area contributed by atoms with Crippen molar-refractivity contribution in [3.05, 3.63) is 64.5 Å². The Bertz CT molecular complexity index is 1470. The number of halogens is 2. The van der Waals surface area contributed by atoms with Gasteiger partial charge < -0.3 is 9.84 Å². The molecule has 4 aliphatic rings. The van der Waals surface area contributed by atoms with E-state index in [0.29, 0.717) is 17.7 Å². The number of nitrogens with one attached hydrogen (secondary N) is 1. The minimum atomic E-state index is -1.38. The lowest BCUT2D eigenvalue weighted by Crippen LogP contribution is -2.48. The van der Waals surface area contributed by atoms with Gasteiger partial charge in [0.05, 0.1) is 41.0 Å². The number of ether oxygens (including phenoxy) is 1. The summed E-state index contributed by atoms with van der Waals surface area (Å²) < 4.78 is 19.5. The van der Waals surface area contributed by atoms with Crippen LogP contribution < -0.4 is 15.0 Å². The minimum absolute atomic E-state index is 0.117. The third kappa shape index (κ3) is 3.14. The second-order valence-corrected chi connectivity index (χ2v) is 10.9. The summed E-state index contributed by atoms with van der Waals surface area (Å²) in [5.74, 6) is -5.75. The molecular formula is C28H24ClFN2O6. The van der Waals surface area contributed by atoms with Gasteiger partial charge in [0.15, 0.2) is 0 Å². The molecule has 3 fully saturated rings. The molecule has 10 heteroatoms. The van der Waals surface area contributed by atoms with Crippen molar-refractivity contribution in [3.8, 4) is 11.5 Å². The maximum absolute atomic E-state index is 14.3. The Labute approximate surface area is 222 Å². The minimum Gasteiger partial charge on any atom is -0.508 e. The number of aromatic hydroxyl groups is 1. The zero-order valence-corrected chi connectivity index (χ0v) is 21.3. The van der Waals surface area contributed by atoms with Crippen molar-refractivity contribution in [3.63, 3.8) is 0 Å². The molecule has 8 nitrogen and oxygen atoms in total. The number of allylic oxidation sites excluding steroid dienone is 2. The highest BCUT2D eigenvalue weighted by molar-refractivity contribution is 6.31. The van der Waals surface area contributed by atoms with E-state index in [1.165, 1.54) is 25.3 Å². The van der Waals surface area contributed by atoms with Crippen LogP contribution in [0.4, 0.5) is 10.1 Å². The Balaban J connectivity index is 1.58. The molecule has 4 amide bonds. The van der Waals surface area contributed by atoms with Gasteiger partial charge >= 0.3 is 0 Å². The van der Waals surface area contributed by atoms with E-state index in [9.17, 15) is 28.7 Å². The maximum Gasteiger partial charge on any atom is 0.241 e. The van der Waals surface area contributed by atoms with Crippen LogP contribution >= 0.6 is 11.6 Å². The number of carbonyl (C=O) groups excluding carboxylic acids is 4. The predicted molar refractivity (Wildman–Crippen MR) is 134 cm³/mol. The second-order valence-electron chi connectivity index (χ2n) is 10.5. The number of methoxy groups -OCH3 is 1. The fraction of sp³-hybridized carbons (Fsp3) is 0.357. The van der Waals surface area contributed by atoms with Gasteiger partial charge in [-0.2, -0.15) is 0 Å². The fourth-order valence-electron chi connectivity index (χ4n) is 7.10. The molecule has 2 aromatic rings. The van der Waals surface area contributed by atoms with Crippen LogP contribution in [0.5, 0.6) is 11.5 Å². The summed E-state index contributed by atoms with van der Waals surface area (Å²) in [7, 11) is 1.45. The molecule has 1 saturated carbocycles. The van der Waals surface area contributed by atoms with Crippen LogP contribution in [0.1, 0.15) is 31.2 Å². The predicted octanol–water partition coefficient (Wildman–Crippen LogP) is 3.71. The summed E-state index contributed by atoms with van der Waals surface area (Å²) in [6.45, 7) is 1.68. The molecule has 2 N–H and O–H groups in total. The van der Waals surface area contributed by atoms with E-state index in [0.717, 1.165) is 16.5 Å². The molecular weight excluding hydrogens is 515 g/mol. The number of carbonyl (C=O) groups is 4. The van der Waals surface area contributed by atoms with Gasteiger partial charge in [-0.3, -0.25) is 24.5 Å². The summed E-state index contributed by atoms with van der Waals surface area (Å²) in [5.41, 5.74) is -0.191. The van der Waals surface area contributed by atoms with E-state index < -0.39 is 58.5 Å². The first-order valence-electron chi connectivity index (χ1n) is 12.3. The average molecular weight is 539 g/mol. The van der Waals surface area contributed by atoms with Gasteiger partial charge in [-0.1, -0.05) is 29.3 Å². The van der Waals surface area contributed by atoms with Crippen molar-refractivity contribution in [2.75, 3.05) is 12.0 Å². The molecule has 2 aliphatic heterocycles. The van der Waals surface area contributed by atoms with Crippen LogP contribution in [0.3, 0.4) is 0 Å². The van der Waals surface area contributed by atoms with E-state index in [1.54, 1.807) is 19.1 Å². The highest BCUT2D eigenvalue weighted by Crippen LogP contribution is 2.65. The van der Waals surface area contributed by atoms with Gasteiger partial charge in [0.2, 0.25) is 23.6 Å². The van der Waals surface area contributed by atoms with Gasteiger partial charge in [0.1, 0.15) is 17.3 Å². The summed E-state index contributed by atoms with van der Waals surface area (Å²) in [5, 5.41) is 13.3. The van der Waals surface area contributed by atoms with Gasteiger partial charge in [0, 0.05) is 11.5 Å². The standard InChI is InChI=1S/C28H24ClFN2O6/c1-28-16(26(36)32(27(28)37)12-6-9-18(30)17(29)10-12)11-15-13(7-8-14-21(15)25(35)31-24(14)34)23(28)22-19(33)4-3-5-20(22)38-2/h3-7,9-10,14-16,21,23,33H,8,11H2,1-2H3,(H,31,34,35). The zero-order chi connectivity index (χ0) is 27.1. The van der Waals surface area contributed by atoms with Gasteiger partial charge in [-0.05, 0) is 56.0 Å². The number of rotatable bonds is 3. The fourth-order valence-corrected chi connectivity index (χ4v) is 7.28. The SMILES string of the molecule is COc1cccc(O)c1C1C2=CCC3C(=O)NC(=O)C3C2CC2C(=O)N(c3ccc(F)c(Cl)c3)C(=O)C21C. The maximum atomic E-state index is 14.3. The highest BCUT2D eigenvalue weighted by Gasteiger charge is 2.67. The highest BCUT2D eigenvalue weighted by atomic mass is 35.5. The summed E-state index contributed by atoms with van der Waals surface area (Å²) in [4.78, 5) is 54.7. The van der Waals surface area contributed by atoms with Gasteiger partial charge in [-0.15, -0.1) is 0 Å². The number of phenolic OH excluding ortho intramolecular Hbond substituents is 1. The first-order chi connectivity index (χ1) is 18.1. The molecule has 2 saturated heterocycles. The summed E-state index contributed by atoms with van der Waals surface area (Å²) in [6.07, 6.45) is 2.32. The van der Waals surface area contributed by atoms with Crippen molar-refractivity contribution < 1.29 is 33.4 Å². The van der Waals surface area contributed by atoms with Crippen molar-refractivity contribution in [2.24, 2.45) is 29.1 Å². The van der Waals surface area contributed by atoms with Crippen LogP contribution in [0.15, 0.2) is 48.0 Å². The molecule has 6 unspecified atom stereocenters. The van der Waals surface area contributed by atoms with E-state index in [1.807, 2.05) is 6.08 Å². The van der Waals surface area contributed by atoms with Crippen LogP contribution in [0, 0.1) is 34.9 Å². The first kappa shape index (κ1) is 24.6. The number of anilines is 1. The molecule has 0 bridgehead atoms. The lowest BCUT2D eigenvalue weighted by Gasteiger charge is -2.49. The summed E-state index contributed by atoms with van der Waals surface area (Å²) in [6, 6.07) is 8.39. The van der Waals surface area contributed by atoms with Crippen LogP contribution in [-0.4, -0.2) is 35.8 Å². The molecule has 6 rings (SSSR count). The number of hydrogen-bond donors (Lipinski definition) is 2. The largest absolute Gasteiger partial charge is 0.508 e. The quantitative estimate of drug-likeness (QED) is 0.455. The number of fused-ring (bicyclic) bond motifs is 4. The lowest BCUT2D eigenvalue weighted by molar-refractivity contribution is -0.131. The average Bonchev–Trinajstić information content (AvgIpc) is 3.28. The first-order valence-corrected chi connectivity index (χ1v) is 12.7. The van der Waals surface area contributed by atoms with Crippen LogP contribution in [0.25, 0.3) is 0 Å². The number of phenols is 1. The van der Waals surface area contributed by atoms with E-state index >= 15 is 0 Å². The molecule has 2 aromatic carbocycles. The van der Waals surface area contributed by atoms with Crippen molar-refractivity contribution >= 4 is 40.9 Å². The molecule has 0 radical (unpaired) electrons. The number of hydrogen-bond acceptors (Lipinski definition) is 6. The lowest BCUT2D eigenvalue weighted by atomic mass is 9.51. The number of benzene rings is 2. The van der Waals surface area contributed by atoms with Gasteiger partial charge in [-0.25, -0.2) is 9.29 Å². The molecule has 0 aromatic heterocycles. The second kappa shape index (κ2) is 8.39. The van der Waals surface area contributed by atoms with Crippen molar-refractivity contribution in [2.45, 2.75) is 25.7 Å². The van der Waals surface area contributed by atoms with E-state index in [-0.39, 0.29) is 28.8 Å². The van der Waals surface area contributed by atoms with E-state index in [2.05, 4.69) is 5.32 Å². The Kier molecular flexibility index (Phi) is 5.43. The Morgan fingerprint density at radius 2 is 1.89 bits per heavy atom. The monoisotopic (exact) mass is 538 g/mol. The van der Waals surface area contributed by atoms with Crippen LogP contribution in [-0.2, 0) is 19.2 Å². The third-order valence-corrected chi connectivity index (χ3v) is 9.12. The van der Waals surface area contributed by atoms with Gasteiger partial charge in [0.25, 0.3) is 0 Å². The molecule has 0 spiro atoms. The number of amides is 4. The van der Waals surface area contributed by atoms with Crippen LogP contribution in [0.2, 0.25) is 5.02 Å². The number of nitrogens with zero attached hydrogens (tertiary/aromatic N) is 1. The molecule has 2 aliphatic carbocycles. The molecule has 2 heterocycles. The Hall–Kier alpha value is -3.72. The topological polar surface area (TPSA) is 113 Å². The third-order valence-electron chi connectivity index (χ3n) is 8.83. The molecule has 196 valence electrons. The normalized spacial score (nSPS) is 31.9. The zero-order valence-electron chi connectivity index (χ0n) is 20.5.